The summed E-state index contributed by atoms with van der Waals surface area (Å²) in [5.41, 5.74) is 7.94. The molecule has 0 spiro atoms. The molecule has 1 saturated heterocycles. The number of benzene rings is 2. The van der Waals surface area contributed by atoms with Crippen molar-refractivity contribution in [2.24, 2.45) is 5.41 Å². The first-order valence-corrected chi connectivity index (χ1v) is 18.4. The van der Waals surface area contributed by atoms with E-state index in [1.54, 1.807) is 0 Å². The third kappa shape index (κ3) is 12.1. The van der Waals surface area contributed by atoms with Crippen LogP contribution in [0.15, 0.2) is 84.9 Å². The number of rotatable bonds is 18. The Kier molecular flexibility index (Phi) is 14.7. The summed E-state index contributed by atoms with van der Waals surface area (Å²) < 4.78 is 11.3. The number of hydrogen-bond donors (Lipinski definition) is 0. The van der Waals surface area contributed by atoms with Crippen molar-refractivity contribution in [3.63, 3.8) is 0 Å². The van der Waals surface area contributed by atoms with Crippen LogP contribution in [-0.4, -0.2) is 33.0 Å². The topological polar surface area (TPSA) is 36.9 Å². The maximum absolute atomic E-state index is 5.94. The van der Waals surface area contributed by atoms with Crippen LogP contribution in [0.25, 0.3) is 11.1 Å². The first-order valence-electron chi connectivity index (χ1n) is 18.4. The Hall–Kier alpha value is -4.06. The van der Waals surface area contributed by atoms with E-state index < -0.39 is 0 Å². The van der Waals surface area contributed by atoms with Gasteiger partial charge in [-0.3, -0.25) is 0 Å². The van der Waals surface area contributed by atoms with Crippen molar-refractivity contribution in [3.8, 4) is 40.6 Å². The molecular formula is C45H52O4. The lowest BCUT2D eigenvalue weighted by molar-refractivity contribution is -0.328. The molecule has 0 aromatic heterocycles. The van der Waals surface area contributed by atoms with Gasteiger partial charge >= 0.3 is 0 Å². The minimum atomic E-state index is 0.169. The van der Waals surface area contributed by atoms with Gasteiger partial charge < -0.3 is 9.47 Å². The number of fused-ring (bicyclic) bond motifs is 1. The molecule has 0 unspecified atom stereocenters. The Morgan fingerprint density at radius 3 is 1.71 bits per heavy atom. The van der Waals surface area contributed by atoms with Crippen LogP contribution in [0.4, 0.5) is 0 Å². The highest BCUT2D eigenvalue weighted by atomic mass is 17.2. The number of aryl methyl sites for hydroxylation is 1. The zero-order chi connectivity index (χ0) is 34.0. The average Bonchev–Trinajstić information content (AvgIpc) is 3.41. The average molecular weight is 657 g/mol. The van der Waals surface area contributed by atoms with Crippen LogP contribution in [0.5, 0.6) is 5.75 Å². The third-order valence-electron chi connectivity index (χ3n) is 9.33. The Labute approximate surface area is 294 Å². The van der Waals surface area contributed by atoms with Crippen LogP contribution in [0, 0.1) is 29.1 Å². The number of ether oxygens (including phenoxy) is 2. The number of hydrogen-bond acceptors (Lipinski definition) is 4. The smallest absolute Gasteiger partial charge is 0.119 e. The van der Waals surface area contributed by atoms with Crippen molar-refractivity contribution in [1.82, 2.24) is 0 Å². The van der Waals surface area contributed by atoms with Gasteiger partial charge in [0.1, 0.15) is 5.75 Å². The summed E-state index contributed by atoms with van der Waals surface area (Å²) in [6, 6.07) is 29.5. The summed E-state index contributed by atoms with van der Waals surface area (Å²) >= 11 is 0. The van der Waals surface area contributed by atoms with Crippen molar-refractivity contribution < 1.29 is 19.2 Å². The molecule has 1 heterocycles. The number of unbranched alkanes of at least 4 members (excludes halogenated alkanes) is 7. The van der Waals surface area contributed by atoms with Gasteiger partial charge in [0.05, 0.1) is 33.0 Å². The molecule has 256 valence electrons. The Morgan fingerprint density at radius 1 is 0.571 bits per heavy atom. The molecule has 2 aromatic rings. The first-order chi connectivity index (χ1) is 24.1. The lowest BCUT2D eigenvalue weighted by Gasteiger charge is -2.39. The van der Waals surface area contributed by atoms with Crippen molar-refractivity contribution in [3.05, 3.63) is 113 Å². The fraction of sp³-hybridized carbons (Fsp3) is 0.422. The second-order valence-corrected chi connectivity index (χ2v) is 13.4. The second kappa shape index (κ2) is 19.8. The fourth-order valence-corrected chi connectivity index (χ4v) is 5.83. The fourth-order valence-electron chi connectivity index (χ4n) is 5.83. The largest absolute Gasteiger partial charge is 0.494 e. The second-order valence-electron chi connectivity index (χ2n) is 13.4. The van der Waals surface area contributed by atoms with Gasteiger partial charge in [0.15, 0.2) is 0 Å². The van der Waals surface area contributed by atoms with Gasteiger partial charge in [-0.15, -0.1) is 0 Å². The highest BCUT2D eigenvalue weighted by Crippen LogP contribution is 2.31. The van der Waals surface area contributed by atoms with Crippen molar-refractivity contribution in [1.29, 1.82) is 0 Å². The van der Waals surface area contributed by atoms with Gasteiger partial charge in [0.2, 0.25) is 0 Å². The van der Waals surface area contributed by atoms with Crippen LogP contribution in [0.2, 0.25) is 0 Å². The van der Waals surface area contributed by atoms with Gasteiger partial charge in [-0.25, -0.2) is 9.78 Å². The molecule has 5 rings (SSSR count). The predicted molar refractivity (Wildman–Crippen MR) is 200 cm³/mol. The molecule has 0 saturated carbocycles. The Morgan fingerprint density at radius 2 is 1.12 bits per heavy atom. The van der Waals surface area contributed by atoms with Crippen LogP contribution in [-0.2, 0) is 20.9 Å². The maximum Gasteiger partial charge on any atom is 0.119 e. The van der Waals surface area contributed by atoms with E-state index in [2.05, 4.69) is 98.2 Å². The molecule has 0 radical (unpaired) electrons. The molecular weight excluding hydrogens is 604 g/mol. The molecule has 49 heavy (non-hydrogen) atoms. The van der Waals surface area contributed by atoms with Gasteiger partial charge in [0.25, 0.3) is 0 Å². The van der Waals surface area contributed by atoms with Crippen molar-refractivity contribution in [2.45, 2.75) is 84.5 Å². The van der Waals surface area contributed by atoms with Crippen molar-refractivity contribution in [2.75, 3.05) is 33.0 Å². The van der Waals surface area contributed by atoms with Gasteiger partial charge in [-0.1, -0.05) is 93.9 Å². The Balaban J connectivity index is 1.00. The summed E-state index contributed by atoms with van der Waals surface area (Å²) in [7, 11) is 0. The molecule has 4 heteroatoms. The standard InChI is InChI=1S/C45H52O4/c1-3-5-6-7-10-13-37-14-16-38(17-15-37)20-21-41-32-42-26-22-39(23-27-43(42)33-41)18-19-40-24-28-44(29-25-40)47-30-11-8-9-12-31-48-49-36-45(4-2)34-46-35-45/h14-17,22-29,32-33H,3-13,30-31,34-36H2,1-2H3. The van der Waals surface area contributed by atoms with E-state index in [0.717, 1.165) is 79.7 Å². The molecule has 0 amide bonds. The maximum atomic E-state index is 5.94. The molecule has 0 bridgehead atoms. The highest BCUT2D eigenvalue weighted by Gasteiger charge is 2.37. The van der Waals surface area contributed by atoms with Gasteiger partial charge in [-0.2, -0.15) is 0 Å². The SMILES string of the molecule is CCCCCCCc1ccc(C#Cc2cc3ccc(C#Cc4ccc(OCCCCCCOOCC5(CC)COC5)cc4)ccc-3c2)cc1. The van der Waals surface area contributed by atoms with Crippen LogP contribution in [0.3, 0.4) is 0 Å². The molecule has 2 aliphatic carbocycles. The molecule has 0 atom stereocenters. The first kappa shape index (κ1) is 36.2. The van der Waals surface area contributed by atoms with Gasteiger partial charge in [0, 0.05) is 27.7 Å². The van der Waals surface area contributed by atoms with Gasteiger partial charge in [-0.05, 0) is 116 Å². The summed E-state index contributed by atoms with van der Waals surface area (Å²) in [6.45, 7) is 7.96. The quantitative estimate of drug-likeness (QED) is 0.0462. The monoisotopic (exact) mass is 656 g/mol. The molecule has 3 aliphatic rings. The van der Waals surface area contributed by atoms with E-state index in [9.17, 15) is 0 Å². The molecule has 0 N–H and O–H groups in total. The van der Waals surface area contributed by atoms with E-state index in [-0.39, 0.29) is 5.41 Å². The molecule has 1 fully saturated rings. The molecule has 4 nitrogen and oxygen atoms in total. The van der Waals surface area contributed by atoms with E-state index in [1.165, 1.54) is 48.8 Å². The lowest BCUT2D eigenvalue weighted by atomic mass is 9.84. The summed E-state index contributed by atoms with van der Waals surface area (Å²) in [5.74, 6) is 14.2. The van der Waals surface area contributed by atoms with Crippen LogP contribution in [0.1, 0.15) is 106 Å². The van der Waals surface area contributed by atoms with E-state index >= 15 is 0 Å². The zero-order valence-electron chi connectivity index (χ0n) is 29.5. The van der Waals surface area contributed by atoms with E-state index in [4.69, 9.17) is 19.2 Å². The van der Waals surface area contributed by atoms with E-state index in [1.807, 2.05) is 24.3 Å². The van der Waals surface area contributed by atoms with E-state index in [0.29, 0.717) is 19.8 Å². The minimum Gasteiger partial charge on any atom is -0.494 e. The zero-order valence-corrected chi connectivity index (χ0v) is 29.5. The molecule has 2 aromatic carbocycles. The van der Waals surface area contributed by atoms with Crippen molar-refractivity contribution >= 4 is 0 Å². The summed E-state index contributed by atoms with van der Waals surface area (Å²) in [6.07, 6.45) is 13.0. The normalized spacial score (nSPS) is 13.2. The summed E-state index contributed by atoms with van der Waals surface area (Å²) in [4.78, 5) is 10.8. The third-order valence-corrected chi connectivity index (χ3v) is 9.33. The molecule has 1 aliphatic heterocycles. The predicted octanol–water partition coefficient (Wildman–Crippen LogP) is 10.4. The highest BCUT2D eigenvalue weighted by molar-refractivity contribution is 5.71. The lowest BCUT2D eigenvalue weighted by Crippen LogP contribution is -2.45. The summed E-state index contributed by atoms with van der Waals surface area (Å²) in [5, 5.41) is 0. The Bertz CT molecular complexity index is 1610. The minimum absolute atomic E-state index is 0.169. The van der Waals surface area contributed by atoms with Crippen LogP contribution < -0.4 is 4.74 Å². The van der Waals surface area contributed by atoms with Crippen LogP contribution >= 0.6 is 0 Å².